The van der Waals surface area contributed by atoms with Gasteiger partial charge >= 0.3 is 0 Å². The molecule has 0 radical (unpaired) electrons. The Labute approximate surface area is 218 Å². The summed E-state index contributed by atoms with van der Waals surface area (Å²) in [7, 11) is 1.67. The lowest BCUT2D eigenvalue weighted by molar-refractivity contribution is -0.133. The molecule has 2 atom stereocenters. The second-order valence-corrected chi connectivity index (χ2v) is 9.26. The quantitative estimate of drug-likeness (QED) is 0.494. The number of amides is 2. The molecule has 7 nitrogen and oxygen atoms in total. The van der Waals surface area contributed by atoms with Crippen LogP contribution in [-0.2, 0) is 16.1 Å². The first-order valence-corrected chi connectivity index (χ1v) is 12.5. The number of methoxy groups -OCH3 is 1. The second-order valence-electron chi connectivity index (χ2n) is 9.26. The third kappa shape index (κ3) is 6.54. The zero-order valence-corrected chi connectivity index (χ0v) is 21.2. The molecule has 1 heterocycles. The zero-order chi connectivity index (χ0) is 26.2. The van der Waals surface area contributed by atoms with Crippen LogP contribution in [-0.4, -0.2) is 49.5 Å². The van der Waals surface area contributed by atoms with Crippen molar-refractivity contribution in [2.24, 2.45) is 0 Å². The normalized spacial score (nSPS) is 17.1. The fraction of sp³-hybridized carbons (Fsp3) is 0.300. The molecule has 2 unspecified atom stereocenters. The Morgan fingerprint density at radius 2 is 1.78 bits per heavy atom. The van der Waals surface area contributed by atoms with Gasteiger partial charge in [-0.2, -0.15) is 5.26 Å². The van der Waals surface area contributed by atoms with E-state index in [-0.39, 0.29) is 30.3 Å². The van der Waals surface area contributed by atoms with Gasteiger partial charge in [0.15, 0.2) is 0 Å². The van der Waals surface area contributed by atoms with Crippen LogP contribution in [0.2, 0.25) is 0 Å². The Balaban J connectivity index is 1.51. The predicted molar refractivity (Wildman–Crippen MR) is 143 cm³/mol. The Morgan fingerprint density at radius 3 is 2.46 bits per heavy atom. The first-order valence-electron chi connectivity index (χ1n) is 12.5. The van der Waals surface area contributed by atoms with Crippen LogP contribution in [0.3, 0.4) is 0 Å². The number of carbonyl (C=O) groups is 2. The maximum Gasteiger partial charge on any atom is 0.241 e. The lowest BCUT2D eigenvalue weighted by Gasteiger charge is -2.39. The summed E-state index contributed by atoms with van der Waals surface area (Å²) in [5.74, 6) is 0.654. The molecule has 1 aliphatic heterocycles. The van der Waals surface area contributed by atoms with E-state index >= 15 is 0 Å². The topological polar surface area (TPSA) is 94.5 Å². The Kier molecular flexibility index (Phi) is 8.55. The van der Waals surface area contributed by atoms with Crippen LogP contribution in [0.15, 0.2) is 72.8 Å². The minimum absolute atomic E-state index is 0.0221. The molecule has 0 spiro atoms. The minimum Gasteiger partial charge on any atom is -0.496 e. The fourth-order valence-electron chi connectivity index (χ4n) is 4.85. The molecule has 190 valence electrons. The van der Waals surface area contributed by atoms with Gasteiger partial charge in [0.05, 0.1) is 25.3 Å². The molecule has 2 N–H and O–H groups in total. The van der Waals surface area contributed by atoms with E-state index in [1.54, 1.807) is 7.11 Å². The number of likely N-dealkylation sites (tertiary alicyclic amines) is 1. The molecular weight excluding hydrogens is 464 g/mol. The average Bonchev–Trinajstić information content (AvgIpc) is 2.95. The van der Waals surface area contributed by atoms with E-state index < -0.39 is 0 Å². The molecule has 0 aliphatic carbocycles. The summed E-state index contributed by atoms with van der Waals surface area (Å²) < 4.78 is 5.65. The molecule has 1 aliphatic rings. The SMILES string of the molecule is COc1ccc(-c2ccc(C#N)cc2)cc1CNC1CCN(C(=O)CNC(C)=O)CC1c1ccccc1. The summed E-state index contributed by atoms with van der Waals surface area (Å²) in [6.07, 6.45) is 0.795. The smallest absolute Gasteiger partial charge is 0.241 e. The Morgan fingerprint density at radius 1 is 1.05 bits per heavy atom. The molecule has 3 aromatic rings. The molecule has 2 amide bonds. The van der Waals surface area contributed by atoms with Gasteiger partial charge in [0.25, 0.3) is 0 Å². The molecule has 4 rings (SSSR count). The largest absolute Gasteiger partial charge is 0.496 e. The Bertz CT molecular complexity index is 1270. The van der Waals surface area contributed by atoms with Crippen LogP contribution in [0.4, 0.5) is 0 Å². The van der Waals surface area contributed by atoms with Gasteiger partial charge < -0.3 is 20.3 Å². The summed E-state index contributed by atoms with van der Waals surface area (Å²) in [4.78, 5) is 25.8. The van der Waals surface area contributed by atoms with Crippen molar-refractivity contribution in [2.45, 2.75) is 31.8 Å². The highest BCUT2D eigenvalue weighted by Gasteiger charge is 2.32. The van der Waals surface area contributed by atoms with Crippen molar-refractivity contribution in [3.8, 4) is 22.9 Å². The predicted octanol–water partition coefficient (Wildman–Crippen LogP) is 3.84. The van der Waals surface area contributed by atoms with Crippen LogP contribution in [0.25, 0.3) is 11.1 Å². The highest BCUT2D eigenvalue weighted by Crippen LogP contribution is 2.30. The van der Waals surface area contributed by atoms with Crippen LogP contribution in [0.5, 0.6) is 5.75 Å². The standard InChI is InChI=1S/C30H32N4O3/c1-21(35)32-19-30(36)34-15-14-28(27(20-34)24-6-4-3-5-7-24)33-18-26-16-25(12-13-29(26)37-2)23-10-8-22(17-31)9-11-23/h3-13,16,27-28,33H,14-15,18-20H2,1-2H3,(H,32,35). The van der Waals surface area contributed by atoms with E-state index in [0.29, 0.717) is 25.2 Å². The number of carbonyl (C=O) groups excluding carboxylic acids is 2. The highest BCUT2D eigenvalue weighted by molar-refractivity contribution is 5.83. The molecular formula is C30H32N4O3. The molecule has 0 aromatic heterocycles. The van der Waals surface area contributed by atoms with E-state index in [2.05, 4.69) is 34.9 Å². The lowest BCUT2D eigenvalue weighted by Crippen LogP contribution is -2.51. The van der Waals surface area contributed by atoms with Crippen molar-refractivity contribution < 1.29 is 14.3 Å². The van der Waals surface area contributed by atoms with Crippen molar-refractivity contribution in [3.63, 3.8) is 0 Å². The van der Waals surface area contributed by atoms with Gasteiger partial charge in [0.1, 0.15) is 5.75 Å². The van der Waals surface area contributed by atoms with Crippen LogP contribution >= 0.6 is 0 Å². The first-order chi connectivity index (χ1) is 18.0. The van der Waals surface area contributed by atoms with Crippen molar-refractivity contribution in [1.29, 1.82) is 5.26 Å². The highest BCUT2D eigenvalue weighted by atomic mass is 16.5. The maximum atomic E-state index is 12.7. The third-order valence-corrected chi connectivity index (χ3v) is 6.86. The van der Waals surface area contributed by atoms with Crippen molar-refractivity contribution >= 4 is 11.8 Å². The van der Waals surface area contributed by atoms with E-state index in [1.165, 1.54) is 12.5 Å². The molecule has 0 bridgehead atoms. The number of piperidine rings is 1. The Hall–Kier alpha value is -4.15. The molecule has 1 saturated heterocycles. The number of nitrogens with zero attached hydrogens (tertiary/aromatic N) is 2. The van der Waals surface area contributed by atoms with Crippen molar-refractivity contribution in [3.05, 3.63) is 89.5 Å². The van der Waals surface area contributed by atoms with E-state index in [1.807, 2.05) is 59.5 Å². The lowest BCUT2D eigenvalue weighted by atomic mass is 9.85. The third-order valence-electron chi connectivity index (χ3n) is 6.86. The summed E-state index contributed by atoms with van der Waals surface area (Å²) in [5, 5.41) is 15.4. The van der Waals surface area contributed by atoms with Crippen molar-refractivity contribution in [1.82, 2.24) is 15.5 Å². The minimum atomic E-state index is -0.207. The van der Waals surface area contributed by atoms with Gasteiger partial charge in [-0.3, -0.25) is 9.59 Å². The van der Waals surface area contributed by atoms with Gasteiger partial charge in [-0.15, -0.1) is 0 Å². The fourth-order valence-corrected chi connectivity index (χ4v) is 4.85. The number of ether oxygens (including phenoxy) is 1. The second kappa shape index (κ2) is 12.2. The number of benzene rings is 3. The monoisotopic (exact) mass is 496 g/mol. The van der Waals surface area contributed by atoms with Gasteiger partial charge in [0, 0.05) is 44.1 Å². The van der Waals surface area contributed by atoms with E-state index in [0.717, 1.165) is 28.9 Å². The first kappa shape index (κ1) is 25.9. The van der Waals surface area contributed by atoms with E-state index in [9.17, 15) is 9.59 Å². The van der Waals surface area contributed by atoms with Crippen LogP contribution in [0, 0.1) is 11.3 Å². The molecule has 37 heavy (non-hydrogen) atoms. The summed E-state index contributed by atoms with van der Waals surface area (Å²) in [6, 6.07) is 26.2. The number of nitrogens with one attached hydrogen (secondary N) is 2. The number of hydrogen-bond donors (Lipinski definition) is 2. The van der Waals surface area contributed by atoms with Gasteiger partial charge in [-0.1, -0.05) is 48.5 Å². The van der Waals surface area contributed by atoms with Gasteiger partial charge in [0.2, 0.25) is 11.8 Å². The molecule has 3 aromatic carbocycles. The zero-order valence-electron chi connectivity index (χ0n) is 21.2. The molecule has 0 saturated carbocycles. The van der Waals surface area contributed by atoms with Crippen molar-refractivity contribution in [2.75, 3.05) is 26.7 Å². The maximum absolute atomic E-state index is 12.7. The number of rotatable bonds is 8. The summed E-state index contributed by atoms with van der Waals surface area (Å²) in [6.45, 7) is 3.26. The average molecular weight is 497 g/mol. The van der Waals surface area contributed by atoms with E-state index in [4.69, 9.17) is 10.00 Å². The van der Waals surface area contributed by atoms with Gasteiger partial charge in [-0.05, 0) is 47.4 Å². The number of nitriles is 1. The number of hydrogen-bond acceptors (Lipinski definition) is 5. The molecule has 7 heteroatoms. The summed E-state index contributed by atoms with van der Waals surface area (Å²) in [5.41, 5.74) is 4.94. The summed E-state index contributed by atoms with van der Waals surface area (Å²) >= 11 is 0. The van der Waals surface area contributed by atoms with Gasteiger partial charge in [-0.25, -0.2) is 0 Å². The molecule has 1 fully saturated rings. The van der Waals surface area contributed by atoms with Crippen LogP contribution < -0.4 is 15.4 Å². The van der Waals surface area contributed by atoms with Crippen LogP contribution in [0.1, 0.15) is 36.0 Å².